The summed E-state index contributed by atoms with van der Waals surface area (Å²) in [7, 11) is 0. The Morgan fingerprint density at radius 2 is 2.33 bits per heavy atom. The van der Waals surface area contributed by atoms with E-state index >= 15 is 0 Å². The topological polar surface area (TPSA) is 70.8 Å². The molecule has 0 aromatic rings. The summed E-state index contributed by atoms with van der Waals surface area (Å²) in [5, 5.41) is 14.9. The van der Waals surface area contributed by atoms with Gasteiger partial charge in [0.2, 0.25) is 0 Å². The van der Waals surface area contributed by atoms with Gasteiger partial charge in [-0.3, -0.25) is 5.01 Å². The molecule has 18 heavy (non-hydrogen) atoms. The summed E-state index contributed by atoms with van der Waals surface area (Å²) in [6.45, 7) is 3.85. The fourth-order valence-electron chi connectivity index (χ4n) is 2.46. The van der Waals surface area contributed by atoms with Crippen LogP contribution < -0.4 is 11.2 Å². The molecule has 0 aromatic heterocycles. The van der Waals surface area contributed by atoms with Crippen LogP contribution in [0.15, 0.2) is 47.2 Å². The maximum Gasteiger partial charge on any atom is 0.163 e. The molecule has 3 rings (SSSR count). The van der Waals surface area contributed by atoms with Gasteiger partial charge in [0.05, 0.1) is 17.5 Å². The summed E-state index contributed by atoms with van der Waals surface area (Å²) >= 11 is 0. The van der Waals surface area contributed by atoms with Crippen LogP contribution in [0, 0.1) is 0 Å². The Balaban J connectivity index is 2.03. The second-order valence-corrected chi connectivity index (χ2v) is 5.32. The molecule has 0 amide bonds. The van der Waals surface area contributed by atoms with Gasteiger partial charge >= 0.3 is 0 Å². The van der Waals surface area contributed by atoms with Gasteiger partial charge in [0.25, 0.3) is 0 Å². The Hall–Kier alpha value is -1.72. The molecular formula is C13H17N3O2. The van der Waals surface area contributed by atoms with Gasteiger partial charge < -0.3 is 15.2 Å². The van der Waals surface area contributed by atoms with E-state index in [1.54, 1.807) is 6.26 Å². The van der Waals surface area contributed by atoms with Crippen molar-refractivity contribution in [2.45, 2.75) is 32.0 Å². The van der Waals surface area contributed by atoms with Crippen molar-refractivity contribution in [1.82, 2.24) is 10.3 Å². The van der Waals surface area contributed by atoms with Gasteiger partial charge in [-0.2, -0.15) is 0 Å². The number of allylic oxidation sites excluding steroid dienone is 5. The second kappa shape index (κ2) is 3.63. The lowest BCUT2D eigenvalue weighted by Gasteiger charge is -2.46. The van der Waals surface area contributed by atoms with E-state index in [0.717, 1.165) is 29.1 Å². The van der Waals surface area contributed by atoms with E-state index in [1.807, 2.05) is 32.1 Å². The lowest BCUT2D eigenvalue weighted by atomic mass is 9.91. The molecule has 0 saturated carbocycles. The molecule has 5 nitrogen and oxygen atoms in total. The highest BCUT2D eigenvalue weighted by Crippen LogP contribution is 2.36. The molecule has 96 valence electrons. The highest BCUT2D eigenvalue weighted by atomic mass is 16.5. The molecule has 0 unspecified atom stereocenters. The minimum absolute atomic E-state index is 0.481. The van der Waals surface area contributed by atoms with E-state index in [1.165, 1.54) is 5.01 Å². The van der Waals surface area contributed by atoms with Crippen LogP contribution in [0.5, 0.6) is 0 Å². The highest BCUT2D eigenvalue weighted by Gasteiger charge is 2.40. The largest absolute Gasteiger partial charge is 0.465 e. The van der Waals surface area contributed by atoms with Crippen molar-refractivity contribution >= 4 is 0 Å². The molecular weight excluding hydrogens is 230 g/mol. The maximum absolute atomic E-state index is 10.1. The third-order valence-corrected chi connectivity index (χ3v) is 3.49. The van der Waals surface area contributed by atoms with Crippen LogP contribution in [0.2, 0.25) is 0 Å². The molecule has 2 aliphatic heterocycles. The molecule has 1 atom stereocenters. The van der Waals surface area contributed by atoms with E-state index in [4.69, 9.17) is 10.6 Å². The van der Waals surface area contributed by atoms with Crippen LogP contribution in [0.1, 0.15) is 20.3 Å². The average Bonchev–Trinajstić information content (AvgIpc) is 2.34. The van der Waals surface area contributed by atoms with Crippen molar-refractivity contribution in [1.29, 1.82) is 0 Å². The Bertz CT molecular complexity index is 514. The zero-order chi connectivity index (χ0) is 12.9. The summed E-state index contributed by atoms with van der Waals surface area (Å²) < 4.78 is 5.45. The number of nitrogens with two attached hydrogens (primary N) is 1. The van der Waals surface area contributed by atoms with Gasteiger partial charge in [-0.05, 0) is 19.9 Å². The Morgan fingerprint density at radius 3 is 3.11 bits per heavy atom. The quantitative estimate of drug-likeness (QED) is 0.553. The van der Waals surface area contributed by atoms with E-state index in [2.05, 4.69) is 5.32 Å². The third kappa shape index (κ3) is 1.55. The second-order valence-electron chi connectivity index (χ2n) is 5.32. The number of fused-ring (bicyclic) bond motifs is 1. The summed E-state index contributed by atoms with van der Waals surface area (Å²) in [5.41, 5.74) is 2.43. The van der Waals surface area contributed by atoms with Crippen molar-refractivity contribution in [3.8, 4) is 0 Å². The van der Waals surface area contributed by atoms with Gasteiger partial charge in [0, 0.05) is 23.8 Å². The number of nitrogens with one attached hydrogen (secondary N) is 1. The van der Waals surface area contributed by atoms with E-state index < -0.39 is 11.8 Å². The van der Waals surface area contributed by atoms with E-state index in [-0.39, 0.29) is 0 Å². The minimum Gasteiger partial charge on any atom is -0.465 e. The van der Waals surface area contributed by atoms with Gasteiger partial charge in [-0.15, -0.1) is 0 Å². The first-order valence-electron chi connectivity index (χ1n) is 5.97. The Morgan fingerprint density at radius 1 is 1.56 bits per heavy atom. The first kappa shape index (κ1) is 11.4. The van der Waals surface area contributed by atoms with Crippen LogP contribution in [-0.2, 0) is 4.74 Å². The van der Waals surface area contributed by atoms with Crippen molar-refractivity contribution in [2.75, 3.05) is 0 Å². The van der Waals surface area contributed by atoms with Crippen LogP contribution in [0.4, 0.5) is 0 Å². The number of aliphatic hydroxyl groups is 1. The molecule has 0 fully saturated rings. The molecule has 3 aliphatic rings. The monoisotopic (exact) mass is 247 g/mol. The van der Waals surface area contributed by atoms with Crippen molar-refractivity contribution in [2.24, 2.45) is 5.84 Å². The number of hydrazine groups is 1. The number of rotatable bonds is 0. The van der Waals surface area contributed by atoms with Crippen LogP contribution in [0.3, 0.4) is 0 Å². The van der Waals surface area contributed by atoms with Gasteiger partial charge in [0.15, 0.2) is 6.23 Å². The van der Waals surface area contributed by atoms with Crippen LogP contribution >= 0.6 is 0 Å². The van der Waals surface area contributed by atoms with Crippen molar-refractivity contribution in [3.63, 3.8) is 0 Å². The zero-order valence-electron chi connectivity index (χ0n) is 10.5. The molecule has 0 aromatic carbocycles. The fraction of sp³-hybridized carbons (Fsp3) is 0.385. The standard InChI is InChI=1S/C13H17N3O2/c1-13(2)12(17)16(14)10-7-11-8(4-3-5-18-11)6-9(10)15-13/h3-5,7,12,15,17H,6,14H2,1-2H3/t12-/m1/s1. The fourth-order valence-corrected chi connectivity index (χ4v) is 2.46. The average molecular weight is 247 g/mol. The van der Waals surface area contributed by atoms with Crippen molar-refractivity contribution < 1.29 is 9.84 Å². The summed E-state index contributed by atoms with van der Waals surface area (Å²) in [6, 6.07) is 0. The van der Waals surface area contributed by atoms with E-state index in [9.17, 15) is 5.11 Å². The number of nitrogens with zero attached hydrogens (tertiary/aromatic N) is 1. The number of aliphatic hydroxyl groups excluding tert-OH is 1. The first-order valence-corrected chi connectivity index (χ1v) is 5.97. The summed E-state index contributed by atoms with van der Waals surface area (Å²) in [5.74, 6) is 6.77. The first-order chi connectivity index (χ1) is 8.49. The van der Waals surface area contributed by atoms with E-state index in [0.29, 0.717) is 0 Å². The molecule has 4 N–H and O–H groups in total. The Kier molecular flexibility index (Phi) is 2.30. The highest BCUT2D eigenvalue weighted by molar-refractivity contribution is 5.47. The maximum atomic E-state index is 10.1. The Labute approximate surface area is 106 Å². The van der Waals surface area contributed by atoms with Gasteiger partial charge in [-0.1, -0.05) is 6.08 Å². The minimum atomic E-state index is -0.780. The lowest BCUT2D eigenvalue weighted by Crippen LogP contribution is -2.63. The van der Waals surface area contributed by atoms with Gasteiger partial charge in [-0.25, -0.2) is 5.84 Å². The molecule has 0 spiro atoms. The normalized spacial score (nSPS) is 28.7. The molecule has 0 saturated heterocycles. The van der Waals surface area contributed by atoms with Crippen molar-refractivity contribution in [3.05, 3.63) is 47.2 Å². The predicted octanol–water partition coefficient (Wildman–Crippen LogP) is 0.832. The number of ether oxygens (including phenoxy) is 1. The smallest absolute Gasteiger partial charge is 0.163 e. The van der Waals surface area contributed by atoms with Crippen LogP contribution in [-0.4, -0.2) is 21.9 Å². The number of hydrogen-bond acceptors (Lipinski definition) is 5. The van der Waals surface area contributed by atoms with Gasteiger partial charge in [0.1, 0.15) is 5.76 Å². The number of hydrogen-bond donors (Lipinski definition) is 3. The molecule has 0 radical (unpaired) electrons. The summed E-state index contributed by atoms with van der Waals surface area (Å²) in [6.07, 6.45) is 7.35. The predicted molar refractivity (Wildman–Crippen MR) is 67.3 cm³/mol. The van der Waals surface area contributed by atoms with Crippen LogP contribution in [0.25, 0.3) is 0 Å². The molecule has 0 bridgehead atoms. The molecule has 2 heterocycles. The molecule has 5 heteroatoms. The molecule has 1 aliphatic carbocycles. The SMILES string of the molecule is CC1(C)NC2=C(C=C3OC=CC=C3C2)N(N)[C@@H]1O. The summed E-state index contributed by atoms with van der Waals surface area (Å²) in [4.78, 5) is 0. The lowest BCUT2D eigenvalue weighted by molar-refractivity contribution is -0.0442. The third-order valence-electron chi connectivity index (χ3n) is 3.49. The zero-order valence-corrected chi connectivity index (χ0v) is 10.5.